The zero-order chi connectivity index (χ0) is 13.7. The minimum atomic E-state index is 0.214. The first kappa shape index (κ1) is 14.0. The molecule has 2 rings (SSSR count). The van der Waals surface area contributed by atoms with Crippen LogP contribution < -0.4 is 0 Å². The Kier molecular flexibility index (Phi) is 4.92. The van der Waals surface area contributed by atoms with Crippen molar-refractivity contribution in [2.75, 3.05) is 0 Å². The molecule has 2 aromatic carbocycles. The number of benzene rings is 2. The molecule has 0 atom stereocenters. The fourth-order valence-electron chi connectivity index (χ4n) is 2.02. The lowest BCUT2D eigenvalue weighted by molar-refractivity contribution is 0.0979. The molecule has 0 aromatic heterocycles. The zero-order valence-corrected chi connectivity index (χ0v) is 12.6. The first-order chi connectivity index (χ1) is 9.22. The number of hydrogen-bond donors (Lipinski definition) is 0. The van der Waals surface area contributed by atoms with E-state index >= 15 is 0 Å². The van der Waals surface area contributed by atoms with Gasteiger partial charge in [-0.2, -0.15) is 0 Å². The van der Waals surface area contributed by atoms with Crippen LogP contribution >= 0.6 is 15.9 Å². The standard InChI is InChI=1S/C17H17BrO/c1-2-3-9-17(19)15-12-14(10-11-16(15)18)13-7-5-4-6-8-13/h4-8,10-12H,2-3,9H2,1H3. The number of halogens is 1. The highest BCUT2D eigenvalue weighted by atomic mass is 79.9. The number of carbonyl (C=O) groups excluding carboxylic acids is 1. The van der Waals surface area contributed by atoms with E-state index in [2.05, 4.69) is 35.0 Å². The Bertz CT molecular complexity index is 561. The largest absolute Gasteiger partial charge is 0.294 e. The molecule has 0 unspecified atom stereocenters. The Balaban J connectivity index is 2.32. The maximum atomic E-state index is 12.2. The van der Waals surface area contributed by atoms with E-state index in [4.69, 9.17) is 0 Å². The van der Waals surface area contributed by atoms with Crippen LogP contribution in [0.25, 0.3) is 11.1 Å². The first-order valence-electron chi connectivity index (χ1n) is 6.60. The van der Waals surface area contributed by atoms with Gasteiger partial charge >= 0.3 is 0 Å². The van der Waals surface area contributed by atoms with Crippen LogP contribution in [0.15, 0.2) is 53.0 Å². The summed E-state index contributed by atoms with van der Waals surface area (Å²) in [6.45, 7) is 2.10. The molecule has 1 nitrogen and oxygen atoms in total. The second kappa shape index (κ2) is 6.67. The Morgan fingerprint density at radius 2 is 1.79 bits per heavy atom. The van der Waals surface area contributed by atoms with Crippen LogP contribution in [0.5, 0.6) is 0 Å². The molecule has 98 valence electrons. The van der Waals surface area contributed by atoms with Gasteiger partial charge in [0.15, 0.2) is 5.78 Å². The third-order valence-electron chi connectivity index (χ3n) is 3.13. The van der Waals surface area contributed by atoms with Crippen molar-refractivity contribution in [3.63, 3.8) is 0 Å². The van der Waals surface area contributed by atoms with Crippen molar-refractivity contribution in [3.05, 3.63) is 58.6 Å². The van der Waals surface area contributed by atoms with E-state index in [1.54, 1.807) is 0 Å². The summed E-state index contributed by atoms with van der Waals surface area (Å²) in [7, 11) is 0. The van der Waals surface area contributed by atoms with E-state index in [1.165, 1.54) is 0 Å². The van der Waals surface area contributed by atoms with Crippen LogP contribution in [-0.2, 0) is 0 Å². The Labute approximate surface area is 122 Å². The molecule has 0 bridgehead atoms. The Morgan fingerprint density at radius 3 is 2.47 bits per heavy atom. The number of carbonyl (C=O) groups is 1. The van der Waals surface area contributed by atoms with Crippen LogP contribution in [0.2, 0.25) is 0 Å². The Morgan fingerprint density at radius 1 is 1.05 bits per heavy atom. The van der Waals surface area contributed by atoms with Crippen LogP contribution in [-0.4, -0.2) is 5.78 Å². The second-order valence-corrected chi connectivity index (χ2v) is 5.44. The normalized spacial score (nSPS) is 10.4. The summed E-state index contributed by atoms with van der Waals surface area (Å²) in [5.41, 5.74) is 3.01. The Hall–Kier alpha value is -1.41. The molecule has 0 N–H and O–H groups in total. The fraction of sp³-hybridized carbons (Fsp3) is 0.235. The van der Waals surface area contributed by atoms with Gasteiger partial charge in [-0.3, -0.25) is 4.79 Å². The van der Waals surface area contributed by atoms with Gasteiger partial charge in [-0.1, -0.05) is 65.7 Å². The van der Waals surface area contributed by atoms with E-state index in [0.717, 1.165) is 34.0 Å². The number of Topliss-reactive ketones (excluding diaryl/α,β-unsaturated/α-hetero) is 1. The summed E-state index contributed by atoms with van der Waals surface area (Å²) < 4.78 is 0.883. The minimum Gasteiger partial charge on any atom is -0.294 e. The van der Waals surface area contributed by atoms with Gasteiger partial charge in [-0.25, -0.2) is 0 Å². The average molecular weight is 317 g/mol. The molecule has 0 spiro atoms. The van der Waals surface area contributed by atoms with Crippen LogP contribution in [0.4, 0.5) is 0 Å². The molecule has 0 fully saturated rings. The van der Waals surface area contributed by atoms with Gasteiger partial charge in [0.25, 0.3) is 0 Å². The molecule has 0 aliphatic heterocycles. The van der Waals surface area contributed by atoms with E-state index in [0.29, 0.717) is 6.42 Å². The highest BCUT2D eigenvalue weighted by molar-refractivity contribution is 9.10. The van der Waals surface area contributed by atoms with Gasteiger partial charge in [0.05, 0.1) is 0 Å². The smallest absolute Gasteiger partial charge is 0.164 e. The summed E-state index contributed by atoms with van der Waals surface area (Å²) >= 11 is 3.47. The summed E-state index contributed by atoms with van der Waals surface area (Å²) in [5, 5.41) is 0. The molecule has 0 saturated carbocycles. The molecule has 0 radical (unpaired) electrons. The lowest BCUT2D eigenvalue weighted by atomic mass is 9.99. The van der Waals surface area contributed by atoms with Gasteiger partial charge in [0.2, 0.25) is 0 Å². The van der Waals surface area contributed by atoms with E-state index in [1.807, 2.05) is 36.4 Å². The molecular weight excluding hydrogens is 300 g/mol. The summed E-state index contributed by atoms with van der Waals surface area (Å²) in [6.07, 6.45) is 2.61. The molecule has 0 aliphatic rings. The predicted octanol–water partition coefficient (Wildman–Crippen LogP) is 5.49. The third-order valence-corrected chi connectivity index (χ3v) is 3.82. The lowest BCUT2D eigenvalue weighted by Crippen LogP contribution is -2.00. The average Bonchev–Trinajstić information content (AvgIpc) is 2.46. The molecule has 19 heavy (non-hydrogen) atoms. The monoisotopic (exact) mass is 316 g/mol. The van der Waals surface area contributed by atoms with E-state index < -0.39 is 0 Å². The van der Waals surface area contributed by atoms with Crippen molar-refractivity contribution >= 4 is 21.7 Å². The van der Waals surface area contributed by atoms with Crippen molar-refractivity contribution in [2.24, 2.45) is 0 Å². The van der Waals surface area contributed by atoms with Crippen LogP contribution in [0, 0.1) is 0 Å². The predicted molar refractivity (Wildman–Crippen MR) is 83.4 cm³/mol. The lowest BCUT2D eigenvalue weighted by Gasteiger charge is -2.07. The number of rotatable bonds is 5. The molecule has 0 heterocycles. The summed E-state index contributed by atoms with van der Waals surface area (Å²) in [4.78, 5) is 12.2. The van der Waals surface area contributed by atoms with Gasteiger partial charge in [0.1, 0.15) is 0 Å². The van der Waals surface area contributed by atoms with Gasteiger partial charge in [0, 0.05) is 16.5 Å². The fourth-order valence-corrected chi connectivity index (χ4v) is 2.49. The molecule has 2 aromatic rings. The molecule has 0 amide bonds. The summed E-state index contributed by atoms with van der Waals surface area (Å²) in [6, 6.07) is 16.1. The first-order valence-corrected chi connectivity index (χ1v) is 7.40. The van der Waals surface area contributed by atoms with E-state index in [9.17, 15) is 4.79 Å². The molecule has 0 aliphatic carbocycles. The number of hydrogen-bond acceptors (Lipinski definition) is 1. The van der Waals surface area contributed by atoms with Crippen molar-refractivity contribution < 1.29 is 4.79 Å². The molecular formula is C17H17BrO. The molecule has 0 saturated heterocycles. The maximum Gasteiger partial charge on any atom is 0.164 e. The summed E-state index contributed by atoms with van der Waals surface area (Å²) in [5.74, 6) is 0.214. The highest BCUT2D eigenvalue weighted by Gasteiger charge is 2.11. The van der Waals surface area contributed by atoms with Gasteiger partial charge in [-0.05, 0) is 29.7 Å². The third kappa shape index (κ3) is 3.54. The quantitative estimate of drug-likeness (QED) is 0.667. The van der Waals surface area contributed by atoms with Gasteiger partial charge in [-0.15, -0.1) is 0 Å². The van der Waals surface area contributed by atoms with Crippen molar-refractivity contribution in [3.8, 4) is 11.1 Å². The topological polar surface area (TPSA) is 17.1 Å². The second-order valence-electron chi connectivity index (χ2n) is 4.59. The zero-order valence-electron chi connectivity index (χ0n) is 11.0. The minimum absolute atomic E-state index is 0.214. The maximum absolute atomic E-state index is 12.2. The van der Waals surface area contributed by atoms with Gasteiger partial charge < -0.3 is 0 Å². The van der Waals surface area contributed by atoms with E-state index in [-0.39, 0.29) is 5.78 Å². The number of ketones is 1. The number of unbranched alkanes of at least 4 members (excludes halogenated alkanes) is 1. The molecule has 2 heteroatoms. The highest BCUT2D eigenvalue weighted by Crippen LogP contribution is 2.26. The van der Waals surface area contributed by atoms with Crippen molar-refractivity contribution in [1.29, 1.82) is 0 Å². The SMILES string of the molecule is CCCCC(=O)c1cc(-c2ccccc2)ccc1Br. The van der Waals surface area contributed by atoms with Crippen LogP contribution in [0.1, 0.15) is 36.5 Å². The van der Waals surface area contributed by atoms with Crippen molar-refractivity contribution in [1.82, 2.24) is 0 Å². The van der Waals surface area contributed by atoms with Crippen molar-refractivity contribution in [2.45, 2.75) is 26.2 Å². The van der Waals surface area contributed by atoms with Crippen LogP contribution in [0.3, 0.4) is 0 Å².